The van der Waals surface area contributed by atoms with Crippen LogP contribution in [-0.2, 0) is 9.59 Å². The van der Waals surface area contributed by atoms with Gasteiger partial charge in [-0.2, -0.15) is 0 Å². The van der Waals surface area contributed by atoms with E-state index in [0.717, 1.165) is 6.29 Å². The predicted octanol–water partition coefficient (Wildman–Crippen LogP) is 0.0797. The summed E-state index contributed by atoms with van der Waals surface area (Å²) in [5.74, 6) is 0.0717. The molecule has 0 amide bonds. The largest absolute Gasteiger partial charge is 0.300 e. The van der Waals surface area contributed by atoms with E-state index in [-0.39, 0.29) is 12.2 Å². The van der Waals surface area contributed by atoms with Gasteiger partial charge in [-0.25, -0.2) is 0 Å². The minimum Gasteiger partial charge on any atom is -0.300 e. The van der Waals surface area contributed by atoms with Gasteiger partial charge in [0.15, 0.2) is 6.29 Å². The minimum absolute atomic E-state index is 0.0717. The molecule has 0 spiro atoms. The second kappa shape index (κ2) is 5.83. The van der Waals surface area contributed by atoms with Crippen molar-refractivity contribution in [3.8, 4) is 0 Å². The first-order valence-corrected chi connectivity index (χ1v) is 4.56. The van der Waals surface area contributed by atoms with E-state index >= 15 is 0 Å². The van der Waals surface area contributed by atoms with Crippen molar-refractivity contribution in [2.45, 2.75) is 32.4 Å². The highest BCUT2D eigenvalue weighted by Gasteiger charge is 2.28. The number of aldehydes is 1. The Morgan fingerprint density at radius 3 is 2.38 bits per heavy atom. The third-order valence-corrected chi connectivity index (χ3v) is 2.01. The first kappa shape index (κ1) is 12.3. The second-order valence-corrected chi connectivity index (χ2v) is 2.94. The van der Waals surface area contributed by atoms with Gasteiger partial charge in [-0.1, -0.05) is 13.8 Å². The molecule has 0 aromatic carbocycles. The zero-order chi connectivity index (χ0) is 10.3. The van der Waals surface area contributed by atoms with Gasteiger partial charge < -0.3 is 0 Å². The first-order valence-electron chi connectivity index (χ1n) is 4.56. The minimum atomic E-state index is -0.873. The Kier molecular flexibility index (Phi) is 5.50. The summed E-state index contributed by atoms with van der Waals surface area (Å²) < 4.78 is 0. The number of rotatable bonds is 7. The molecule has 0 aromatic heterocycles. The average molecular weight is 186 g/mol. The molecule has 0 aromatic rings. The molecule has 0 aliphatic heterocycles. The monoisotopic (exact) mass is 186 g/mol. The van der Waals surface area contributed by atoms with E-state index in [1.165, 1.54) is 0 Å². The van der Waals surface area contributed by atoms with Crippen molar-refractivity contribution in [3.63, 3.8) is 0 Å². The Bertz CT molecular complexity index is 182. The van der Waals surface area contributed by atoms with Crippen LogP contribution in [0.2, 0.25) is 0 Å². The Balaban J connectivity index is 4.37. The number of likely N-dealkylation sites (N-methyl/N-ethyl adjacent to an activating group) is 2. The van der Waals surface area contributed by atoms with Crippen LogP contribution < -0.4 is 10.6 Å². The molecule has 0 aliphatic carbocycles. The molecule has 0 heterocycles. The number of hydrogen-bond donors (Lipinski definition) is 2. The molecule has 0 fully saturated rings. The topological polar surface area (TPSA) is 58.2 Å². The van der Waals surface area contributed by atoms with Crippen LogP contribution in [0.25, 0.3) is 0 Å². The van der Waals surface area contributed by atoms with Crippen LogP contribution in [0.15, 0.2) is 0 Å². The molecular formula is C9H18N2O2. The second-order valence-electron chi connectivity index (χ2n) is 2.94. The number of carbonyl (C=O) groups excluding carboxylic acids is 2. The van der Waals surface area contributed by atoms with Gasteiger partial charge in [0.2, 0.25) is 0 Å². The summed E-state index contributed by atoms with van der Waals surface area (Å²) >= 11 is 0. The Hall–Kier alpha value is -0.740. The Morgan fingerprint density at radius 2 is 2.08 bits per heavy atom. The lowest BCUT2D eigenvalue weighted by molar-refractivity contribution is -0.125. The first-order chi connectivity index (χ1) is 6.14. The van der Waals surface area contributed by atoms with Crippen molar-refractivity contribution in [3.05, 3.63) is 0 Å². The molecule has 13 heavy (non-hydrogen) atoms. The van der Waals surface area contributed by atoms with Crippen LogP contribution in [0.4, 0.5) is 0 Å². The molecular weight excluding hydrogens is 168 g/mol. The van der Waals surface area contributed by atoms with Crippen LogP contribution in [0, 0.1) is 0 Å². The summed E-state index contributed by atoms with van der Waals surface area (Å²) in [7, 11) is 1.67. The molecule has 4 heteroatoms. The summed E-state index contributed by atoms with van der Waals surface area (Å²) in [4.78, 5) is 22.0. The normalized spacial score (nSPS) is 15.0. The van der Waals surface area contributed by atoms with Crippen molar-refractivity contribution in [2.24, 2.45) is 0 Å². The van der Waals surface area contributed by atoms with Crippen molar-refractivity contribution in [2.75, 3.05) is 13.6 Å². The Morgan fingerprint density at radius 1 is 1.46 bits per heavy atom. The quantitative estimate of drug-likeness (QED) is 0.436. The molecule has 1 unspecified atom stereocenters. The van der Waals surface area contributed by atoms with Crippen molar-refractivity contribution in [1.82, 2.24) is 10.6 Å². The van der Waals surface area contributed by atoms with Gasteiger partial charge >= 0.3 is 0 Å². The molecule has 0 bridgehead atoms. The fraction of sp³-hybridized carbons (Fsp3) is 0.778. The molecule has 1 atom stereocenters. The molecule has 0 radical (unpaired) electrons. The summed E-state index contributed by atoms with van der Waals surface area (Å²) in [6.45, 7) is 4.34. The van der Waals surface area contributed by atoms with Crippen molar-refractivity contribution in [1.29, 1.82) is 0 Å². The lowest BCUT2D eigenvalue weighted by Crippen LogP contribution is -2.58. The van der Waals surface area contributed by atoms with Crippen molar-refractivity contribution >= 4 is 12.1 Å². The van der Waals surface area contributed by atoms with Crippen LogP contribution in [-0.4, -0.2) is 31.3 Å². The maximum Gasteiger partial charge on any atom is 0.155 e. The van der Waals surface area contributed by atoms with Gasteiger partial charge in [-0.15, -0.1) is 0 Å². The smallest absolute Gasteiger partial charge is 0.155 e. The van der Waals surface area contributed by atoms with E-state index in [0.29, 0.717) is 13.0 Å². The fourth-order valence-corrected chi connectivity index (χ4v) is 1.13. The van der Waals surface area contributed by atoms with Crippen LogP contribution in [0.3, 0.4) is 0 Å². The van der Waals surface area contributed by atoms with Gasteiger partial charge in [-0.3, -0.25) is 20.2 Å². The summed E-state index contributed by atoms with van der Waals surface area (Å²) in [6.07, 6.45) is 1.42. The van der Waals surface area contributed by atoms with Gasteiger partial charge in [0.1, 0.15) is 11.4 Å². The van der Waals surface area contributed by atoms with E-state index in [2.05, 4.69) is 10.6 Å². The van der Waals surface area contributed by atoms with Gasteiger partial charge in [-0.05, 0) is 13.6 Å². The predicted molar refractivity (Wildman–Crippen MR) is 51.4 cm³/mol. The van der Waals surface area contributed by atoms with Crippen LogP contribution in [0.1, 0.15) is 26.7 Å². The summed E-state index contributed by atoms with van der Waals surface area (Å²) in [5.41, 5.74) is -0.873. The highest BCUT2D eigenvalue weighted by molar-refractivity contribution is 5.83. The molecule has 76 valence electrons. The van der Waals surface area contributed by atoms with Gasteiger partial charge in [0.25, 0.3) is 0 Å². The highest BCUT2D eigenvalue weighted by atomic mass is 16.1. The van der Waals surface area contributed by atoms with E-state index in [1.54, 1.807) is 14.0 Å². The SMILES string of the molecule is CCNC(C=O)(CC(=O)CC)NC. The standard InChI is InChI=1S/C9H18N2O2/c1-4-8(13)6-9(7-12,10-3)11-5-2/h7,10-11H,4-6H2,1-3H3. The highest BCUT2D eigenvalue weighted by Crippen LogP contribution is 2.04. The Labute approximate surface area is 79.1 Å². The number of hydrogen-bond acceptors (Lipinski definition) is 4. The third kappa shape index (κ3) is 3.65. The fourth-order valence-electron chi connectivity index (χ4n) is 1.13. The number of carbonyl (C=O) groups is 2. The molecule has 0 saturated carbocycles. The zero-order valence-corrected chi connectivity index (χ0v) is 8.52. The number of nitrogens with one attached hydrogen (secondary N) is 2. The lowest BCUT2D eigenvalue weighted by atomic mass is 10.0. The average Bonchev–Trinajstić information content (AvgIpc) is 2.17. The van der Waals surface area contributed by atoms with E-state index in [4.69, 9.17) is 0 Å². The number of Topliss-reactive ketones (excluding diaryl/α,β-unsaturated/α-hetero) is 1. The summed E-state index contributed by atoms with van der Waals surface area (Å²) in [6, 6.07) is 0. The molecule has 0 rings (SSSR count). The van der Waals surface area contributed by atoms with Crippen LogP contribution >= 0.6 is 0 Å². The molecule has 0 saturated heterocycles. The molecule has 2 N–H and O–H groups in total. The van der Waals surface area contributed by atoms with Gasteiger partial charge in [0, 0.05) is 12.8 Å². The van der Waals surface area contributed by atoms with Gasteiger partial charge in [0.05, 0.1) is 0 Å². The van der Waals surface area contributed by atoms with E-state index in [9.17, 15) is 9.59 Å². The third-order valence-electron chi connectivity index (χ3n) is 2.01. The van der Waals surface area contributed by atoms with E-state index in [1.807, 2.05) is 6.92 Å². The maximum absolute atomic E-state index is 11.2. The lowest BCUT2D eigenvalue weighted by Gasteiger charge is -2.27. The van der Waals surface area contributed by atoms with E-state index < -0.39 is 5.66 Å². The molecule has 0 aliphatic rings. The maximum atomic E-state index is 11.2. The summed E-state index contributed by atoms with van der Waals surface area (Å²) in [5, 5.41) is 5.79. The van der Waals surface area contributed by atoms with Crippen molar-refractivity contribution < 1.29 is 9.59 Å². The van der Waals surface area contributed by atoms with Crippen LogP contribution in [0.5, 0.6) is 0 Å². The number of ketones is 1. The molecule has 4 nitrogen and oxygen atoms in total. The zero-order valence-electron chi connectivity index (χ0n) is 8.52.